The SMILES string of the molecule is COc1cc2c(cc1C[S+]([O-])c1ccc(NC(=O)NC(C)c3cccc(Cl)c3Cl)cc1)CCN(C)C2. The van der Waals surface area contributed by atoms with Crippen molar-refractivity contribution < 1.29 is 14.1 Å². The molecular weight excluding hydrogens is 517 g/mol. The number of urea groups is 1. The predicted molar refractivity (Wildman–Crippen MR) is 147 cm³/mol. The van der Waals surface area contributed by atoms with Gasteiger partial charge in [-0.1, -0.05) is 35.3 Å². The third-order valence-electron chi connectivity index (χ3n) is 6.26. The predicted octanol–water partition coefficient (Wildman–Crippen LogP) is 6.18. The largest absolute Gasteiger partial charge is 0.611 e. The molecule has 190 valence electrons. The van der Waals surface area contributed by atoms with Crippen molar-refractivity contribution >= 4 is 46.1 Å². The van der Waals surface area contributed by atoms with E-state index in [-0.39, 0.29) is 12.1 Å². The Morgan fingerprint density at radius 1 is 1.17 bits per heavy atom. The number of halogens is 2. The van der Waals surface area contributed by atoms with Gasteiger partial charge in [-0.15, -0.1) is 0 Å². The summed E-state index contributed by atoms with van der Waals surface area (Å²) in [5.41, 5.74) is 4.81. The molecule has 2 atom stereocenters. The molecule has 2 unspecified atom stereocenters. The molecule has 1 aliphatic heterocycles. The zero-order valence-electron chi connectivity index (χ0n) is 20.4. The van der Waals surface area contributed by atoms with E-state index in [0.717, 1.165) is 36.4 Å². The molecule has 1 aliphatic rings. The van der Waals surface area contributed by atoms with E-state index in [1.165, 1.54) is 11.1 Å². The van der Waals surface area contributed by atoms with Gasteiger partial charge in [0.1, 0.15) is 11.5 Å². The van der Waals surface area contributed by atoms with Crippen molar-refractivity contribution in [1.29, 1.82) is 0 Å². The Balaban J connectivity index is 1.38. The smallest absolute Gasteiger partial charge is 0.319 e. The summed E-state index contributed by atoms with van der Waals surface area (Å²) >= 11 is 11.1. The number of hydrogen-bond donors (Lipinski definition) is 2. The number of methoxy groups -OCH3 is 1. The molecule has 0 bridgehead atoms. The van der Waals surface area contributed by atoms with Crippen LogP contribution in [0.3, 0.4) is 0 Å². The summed E-state index contributed by atoms with van der Waals surface area (Å²) < 4.78 is 18.7. The van der Waals surface area contributed by atoms with Gasteiger partial charge in [-0.2, -0.15) is 0 Å². The second-order valence-corrected chi connectivity index (χ2v) is 11.1. The van der Waals surface area contributed by atoms with Gasteiger partial charge in [-0.25, -0.2) is 4.79 Å². The molecule has 6 nitrogen and oxygen atoms in total. The van der Waals surface area contributed by atoms with Crippen LogP contribution in [0.1, 0.15) is 35.2 Å². The van der Waals surface area contributed by atoms with Crippen molar-refractivity contribution in [3.05, 3.63) is 86.9 Å². The lowest BCUT2D eigenvalue weighted by atomic mass is 9.97. The van der Waals surface area contributed by atoms with E-state index in [1.807, 2.05) is 13.0 Å². The number of fused-ring (bicyclic) bond motifs is 1. The lowest BCUT2D eigenvalue weighted by Gasteiger charge is -2.26. The standard InChI is InChI=1S/C27H29Cl2N3O3S/c1-17(23-5-4-6-24(28)26(23)29)30-27(33)31-21-7-9-22(10-8-21)36(34)16-20-13-18-11-12-32(2)15-19(18)14-25(20)35-3/h4-10,13-14,17H,11-12,15-16H2,1-3H3,(H2,30,31,33). The van der Waals surface area contributed by atoms with Crippen LogP contribution in [0.5, 0.6) is 5.75 Å². The molecule has 1 heterocycles. The summed E-state index contributed by atoms with van der Waals surface area (Å²) in [5.74, 6) is 1.12. The van der Waals surface area contributed by atoms with Gasteiger partial charge in [0.25, 0.3) is 0 Å². The lowest BCUT2D eigenvalue weighted by molar-refractivity contribution is 0.249. The van der Waals surface area contributed by atoms with Gasteiger partial charge >= 0.3 is 6.03 Å². The molecule has 0 aromatic heterocycles. The highest BCUT2D eigenvalue weighted by atomic mass is 35.5. The van der Waals surface area contributed by atoms with E-state index in [9.17, 15) is 9.35 Å². The van der Waals surface area contributed by atoms with E-state index < -0.39 is 11.2 Å². The molecule has 0 saturated heterocycles. The maximum atomic E-state index is 13.1. The van der Waals surface area contributed by atoms with Crippen LogP contribution in [0, 0.1) is 0 Å². The molecule has 0 radical (unpaired) electrons. The van der Waals surface area contributed by atoms with Crippen molar-refractivity contribution in [2.24, 2.45) is 0 Å². The molecule has 0 aliphatic carbocycles. The number of rotatable bonds is 7. The average molecular weight is 547 g/mol. The molecule has 3 aromatic rings. The highest BCUT2D eigenvalue weighted by molar-refractivity contribution is 7.90. The Bertz CT molecular complexity index is 1240. The summed E-state index contributed by atoms with van der Waals surface area (Å²) in [6, 6.07) is 15.8. The molecule has 2 amide bonds. The monoisotopic (exact) mass is 545 g/mol. The first kappa shape index (κ1) is 26.6. The van der Waals surface area contributed by atoms with Crippen LogP contribution >= 0.6 is 23.2 Å². The number of carbonyl (C=O) groups is 1. The first-order chi connectivity index (χ1) is 17.2. The topological polar surface area (TPSA) is 76.7 Å². The molecule has 0 saturated carbocycles. The number of amides is 2. The van der Waals surface area contributed by atoms with Gasteiger partial charge in [0, 0.05) is 24.3 Å². The minimum atomic E-state index is -1.26. The quantitative estimate of drug-likeness (QED) is 0.347. The highest BCUT2D eigenvalue weighted by Gasteiger charge is 2.21. The van der Waals surface area contributed by atoms with Crippen molar-refractivity contribution in [2.45, 2.75) is 36.6 Å². The third-order valence-corrected chi connectivity index (χ3v) is 8.47. The van der Waals surface area contributed by atoms with Gasteiger partial charge in [0.05, 0.1) is 23.2 Å². The zero-order valence-corrected chi connectivity index (χ0v) is 22.8. The molecule has 0 fully saturated rings. The second-order valence-electron chi connectivity index (χ2n) is 8.90. The molecule has 3 aromatic carbocycles. The number of likely N-dealkylation sites (N-methyl/N-ethyl adjacent to an activating group) is 1. The number of benzene rings is 3. The Morgan fingerprint density at radius 2 is 1.92 bits per heavy atom. The van der Waals surface area contributed by atoms with E-state index in [0.29, 0.717) is 26.4 Å². The van der Waals surface area contributed by atoms with Gasteiger partial charge in [-0.05, 0) is 90.7 Å². The van der Waals surface area contributed by atoms with Crippen LogP contribution in [0.25, 0.3) is 0 Å². The Labute approximate surface area is 225 Å². The van der Waals surface area contributed by atoms with E-state index in [1.54, 1.807) is 43.5 Å². The fourth-order valence-corrected chi connectivity index (χ4v) is 5.88. The van der Waals surface area contributed by atoms with Crippen LogP contribution in [-0.2, 0) is 29.9 Å². The van der Waals surface area contributed by atoms with Gasteiger partial charge in [0.2, 0.25) is 0 Å². The average Bonchev–Trinajstić information content (AvgIpc) is 2.85. The number of nitrogens with one attached hydrogen (secondary N) is 2. The minimum Gasteiger partial charge on any atom is -0.611 e. The first-order valence-electron chi connectivity index (χ1n) is 11.6. The van der Waals surface area contributed by atoms with E-state index in [4.69, 9.17) is 27.9 Å². The molecular formula is C27H29Cl2N3O3S. The Kier molecular flexibility index (Phi) is 8.70. The normalized spacial score (nSPS) is 15.1. The summed E-state index contributed by atoms with van der Waals surface area (Å²) in [7, 11) is 3.75. The van der Waals surface area contributed by atoms with Gasteiger partial charge < -0.3 is 24.8 Å². The van der Waals surface area contributed by atoms with Crippen LogP contribution in [0.2, 0.25) is 10.0 Å². The minimum absolute atomic E-state index is 0.338. The molecule has 36 heavy (non-hydrogen) atoms. The van der Waals surface area contributed by atoms with Crippen molar-refractivity contribution in [2.75, 3.05) is 26.0 Å². The summed E-state index contributed by atoms with van der Waals surface area (Å²) in [6.07, 6.45) is 0.972. The van der Waals surface area contributed by atoms with Crippen molar-refractivity contribution in [1.82, 2.24) is 10.2 Å². The van der Waals surface area contributed by atoms with Crippen LogP contribution in [-0.4, -0.2) is 36.2 Å². The van der Waals surface area contributed by atoms with Crippen molar-refractivity contribution in [3.8, 4) is 5.75 Å². The number of anilines is 1. The second kappa shape index (κ2) is 11.8. The molecule has 0 spiro atoms. The molecule has 4 rings (SSSR count). The van der Waals surface area contributed by atoms with Crippen LogP contribution in [0.15, 0.2) is 59.5 Å². The van der Waals surface area contributed by atoms with Crippen LogP contribution in [0.4, 0.5) is 10.5 Å². The highest BCUT2D eigenvalue weighted by Crippen LogP contribution is 2.31. The maximum absolute atomic E-state index is 13.1. The summed E-state index contributed by atoms with van der Waals surface area (Å²) in [4.78, 5) is 15.4. The first-order valence-corrected chi connectivity index (χ1v) is 13.7. The van der Waals surface area contributed by atoms with Gasteiger partial charge in [-0.3, -0.25) is 0 Å². The third kappa shape index (κ3) is 6.28. The number of hydrogen-bond acceptors (Lipinski definition) is 4. The number of nitrogens with zero attached hydrogens (tertiary/aromatic N) is 1. The van der Waals surface area contributed by atoms with E-state index in [2.05, 4.69) is 34.7 Å². The molecule has 9 heteroatoms. The summed E-state index contributed by atoms with van der Waals surface area (Å²) in [6.45, 7) is 3.73. The Morgan fingerprint density at radius 3 is 2.64 bits per heavy atom. The van der Waals surface area contributed by atoms with Gasteiger partial charge in [0.15, 0.2) is 4.90 Å². The Hall–Kier alpha value is -2.42. The van der Waals surface area contributed by atoms with E-state index >= 15 is 0 Å². The zero-order chi connectivity index (χ0) is 25.8. The fourth-order valence-electron chi connectivity index (χ4n) is 4.29. The fraction of sp³-hybridized carbons (Fsp3) is 0.296. The lowest BCUT2D eigenvalue weighted by Crippen LogP contribution is -2.31. The van der Waals surface area contributed by atoms with Crippen molar-refractivity contribution in [3.63, 3.8) is 0 Å². The maximum Gasteiger partial charge on any atom is 0.319 e. The molecule has 2 N–H and O–H groups in total. The number of carbonyl (C=O) groups excluding carboxylic acids is 1. The van der Waals surface area contributed by atoms with Crippen LogP contribution < -0.4 is 15.4 Å². The summed E-state index contributed by atoms with van der Waals surface area (Å²) in [5, 5.41) is 6.51. The number of ether oxygens (including phenoxy) is 1.